The number of nitrogens with zero attached hydrogens (tertiary/aromatic N) is 1. The summed E-state index contributed by atoms with van der Waals surface area (Å²) in [6.45, 7) is 0.918. The molecule has 0 bridgehead atoms. The van der Waals surface area contributed by atoms with Gasteiger partial charge in [0.2, 0.25) is 0 Å². The molecule has 3 N–H and O–H groups in total. The van der Waals surface area contributed by atoms with Gasteiger partial charge in [-0.05, 0) is 77.8 Å². The largest absolute Gasteiger partial charge is 0.497 e. The molecule has 2 aromatic carbocycles. The smallest absolute Gasteiger partial charge is 0.418 e. The summed E-state index contributed by atoms with van der Waals surface area (Å²) >= 11 is 3.04. The number of halogens is 4. The summed E-state index contributed by atoms with van der Waals surface area (Å²) in [5, 5.41) is 10.4. The first-order valence-electron chi connectivity index (χ1n) is 8.77. The van der Waals surface area contributed by atoms with E-state index in [9.17, 15) is 18.3 Å². The predicted molar refractivity (Wildman–Crippen MR) is 107 cm³/mol. The van der Waals surface area contributed by atoms with E-state index in [1.165, 1.54) is 11.6 Å². The second-order valence-corrected chi connectivity index (χ2v) is 7.55. The Morgan fingerprint density at radius 2 is 1.86 bits per heavy atom. The molecule has 28 heavy (non-hydrogen) atoms. The lowest BCUT2D eigenvalue weighted by Gasteiger charge is -2.22. The Morgan fingerprint density at radius 3 is 2.43 bits per heavy atom. The van der Waals surface area contributed by atoms with Gasteiger partial charge < -0.3 is 20.5 Å². The maximum absolute atomic E-state index is 13.1. The van der Waals surface area contributed by atoms with Gasteiger partial charge in [0.25, 0.3) is 0 Å². The normalized spacial score (nSPS) is 13.0. The van der Waals surface area contributed by atoms with Gasteiger partial charge in [0.15, 0.2) is 0 Å². The minimum absolute atomic E-state index is 0.124. The number of rotatable bonds is 8. The molecule has 1 unspecified atom stereocenters. The topological polar surface area (TPSA) is 58.7 Å². The molecular weight excluding hydrogens is 437 g/mol. The van der Waals surface area contributed by atoms with Crippen LogP contribution in [0.15, 0.2) is 40.9 Å². The van der Waals surface area contributed by atoms with Gasteiger partial charge >= 0.3 is 6.18 Å². The zero-order chi connectivity index (χ0) is 20.9. The summed E-state index contributed by atoms with van der Waals surface area (Å²) in [4.78, 5) is 1.89. The molecule has 0 fully saturated rings. The van der Waals surface area contributed by atoms with Crippen LogP contribution in [0.5, 0.6) is 5.75 Å². The zero-order valence-corrected chi connectivity index (χ0v) is 17.3. The Hall–Kier alpha value is -1.77. The van der Waals surface area contributed by atoms with Gasteiger partial charge in [-0.2, -0.15) is 13.2 Å². The maximum atomic E-state index is 13.1. The van der Waals surface area contributed by atoms with Gasteiger partial charge in [-0.1, -0.05) is 12.1 Å². The van der Waals surface area contributed by atoms with E-state index < -0.39 is 17.8 Å². The van der Waals surface area contributed by atoms with E-state index in [2.05, 4.69) is 15.9 Å². The van der Waals surface area contributed by atoms with Crippen molar-refractivity contribution in [2.75, 3.05) is 33.0 Å². The Bertz CT molecular complexity index is 782. The highest BCUT2D eigenvalue weighted by atomic mass is 79.9. The van der Waals surface area contributed by atoms with Gasteiger partial charge in [-0.3, -0.25) is 0 Å². The van der Waals surface area contributed by atoms with Gasteiger partial charge in [0.1, 0.15) is 5.75 Å². The predicted octanol–water partition coefficient (Wildman–Crippen LogP) is 4.66. The van der Waals surface area contributed by atoms with Crippen molar-refractivity contribution in [3.63, 3.8) is 0 Å². The lowest BCUT2D eigenvalue weighted by molar-refractivity contribution is -0.137. The molecule has 1 atom stereocenters. The summed E-state index contributed by atoms with van der Waals surface area (Å²) in [6, 6.07) is 10.1. The van der Waals surface area contributed by atoms with Crippen LogP contribution in [0, 0.1) is 0 Å². The lowest BCUT2D eigenvalue weighted by Crippen LogP contribution is -2.26. The molecule has 4 nitrogen and oxygen atoms in total. The van der Waals surface area contributed by atoms with E-state index in [1.54, 1.807) is 7.11 Å². The summed E-state index contributed by atoms with van der Waals surface area (Å²) in [5.74, 6) is 0.803. The summed E-state index contributed by atoms with van der Waals surface area (Å²) in [7, 11) is 3.45. The highest BCUT2D eigenvalue weighted by Crippen LogP contribution is 2.39. The van der Waals surface area contributed by atoms with E-state index in [-0.39, 0.29) is 22.3 Å². The number of hydrogen-bond donors (Lipinski definition) is 2. The molecule has 8 heteroatoms. The fourth-order valence-corrected chi connectivity index (χ4v) is 3.38. The van der Waals surface area contributed by atoms with E-state index >= 15 is 0 Å². The highest BCUT2D eigenvalue weighted by Gasteiger charge is 2.34. The third-order valence-corrected chi connectivity index (χ3v) is 5.15. The highest BCUT2D eigenvalue weighted by molar-refractivity contribution is 9.10. The van der Waals surface area contributed by atoms with Crippen LogP contribution in [0.25, 0.3) is 0 Å². The van der Waals surface area contributed by atoms with E-state index in [4.69, 9.17) is 10.5 Å². The van der Waals surface area contributed by atoms with Crippen LogP contribution >= 0.6 is 15.9 Å². The molecule has 0 amide bonds. The third-order valence-electron chi connectivity index (χ3n) is 4.49. The molecule has 2 rings (SSSR count). The van der Waals surface area contributed by atoms with Gasteiger partial charge in [0.05, 0.1) is 24.5 Å². The number of nitrogen functional groups attached to an aromatic ring is 1. The van der Waals surface area contributed by atoms with Crippen molar-refractivity contribution in [3.05, 3.63) is 57.6 Å². The number of methoxy groups -OCH3 is 1. The van der Waals surface area contributed by atoms with Crippen molar-refractivity contribution in [3.8, 4) is 5.75 Å². The van der Waals surface area contributed by atoms with Crippen LogP contribution in [-0.2, 0) is 12.6 Å². The minimum Gasteiger partial charge on any atom is -0.497 e. The Kier molecular flexibility index (Phi) is 7.74. The number of aryl methyl sites for hydroxylation is 1. The molecule has 0 aliphatic carbocycles. The van der Waals surface area contributed by atoms with Gasteiger partial charge in [-0.15, -0.1) is 0 Å². The summed E-state index contributed by atoms with van der Waals surface area (Å²) in [6.07, 6.45) is -3.92. The van der Waals surface area contributed by atoms with Crippen molar-refractivity contribution in [2.24, 2.45) is 0 Å². The van der Waals surface area contributed by atoms with Crippen LogP contribution in [0.3, 0.4) is 0 Å². The van der Waals surface area contributed by atoms with Crippen LogP contribution in [0.4, 0.5) is 18.9 Å². The molecule has 0 aliphatic rings. The van der Waals surface area contributed by atoms with E-state index in [0.717, 1.165) is 24.7 Å². The molecular formula is C20H24BrF3N2O2. The molecule has 0 aromatic heterocycles. The third kappa shape index (κ3) is 6.12. The van der Waals surface area contributed by atoms with Crippen molar-refractivity contribution in [1.29, 1.82) is 0 Å². The summed E-state index contributed by atoms with van der Waals surface area (Å²) in [5.41, 5.74) is 5.54. The quantitative estimate of drug-likeness (QED) is 0.562. The molecule has 0 aliphatic heterocycles. The van der Waals surface area contributed by atoms with E-state index in [0.29, 0.717) is 6.54 Å². The average molecular weight is 461 g/mol. The van der Waals surface area contributed by atoms with Crippen molar-refractivity contribution >= 4 is 21.6 Å². The van der Waals surface area contributed by atoms with Crippen LogP contribution in [-0.4, -0.2) is 37.3 Å². The number of benzene rings is 2. The monoisotopic (exact) mass is 460 g/mol. The molecule has 0 saturated heterocycles. The van der Waals surface area contributed by atoms with Crippen molar-refractivity contribution in [1.82, 2.24) is 4.90 Å². The number of anilines is 1. The van der Waals surface area contributed by atoms with Gasteiger partial charge in [-0.25, -0.2) is 0 Å². The van der Waals surface area contributed by atoms with Crippen LogP contribution in [0.1, 0.15) is 29.2 Å². The maximum Gasteiger partial charge on any atom is 0.418 e. The fraction of sp³-hybridized carbons (Fsp3) is 0.400. The molecule has 2 aromatic rings. The zero-order valence-electron chi connectivity index (χ0n) is 15.8. The first kappa shape index (κ1) is 22.5. The van der Waals surface area contributed by atoms with Crippen LogP contribution in [0.2, 0.25) is 0 Å². The molecule has 0 radical (unpaired) electrons. The number of aliphatic hydroxyl groups is 1. The average Bonchev–Trinajstić information content (AvgIpc) is 2.63. The number of alkyl halides is 3. The number of likely N-dealkylation sites (N-methyl/N-ethyl adjacent to an activating group) is 1. The minimum atomic E-state index is -4.58. The lowest BCUT2D eigenvalue weighted by atomic mass is 10.0. The number of aliphatic hydroxyl groups excluding tert-OH is 1. The Morgan fingerprint density at radius 1 is 1.21 bits per heavy atom. The fourth-order valence-electron chi connectivity index (χ4n) is 2.90. The number of ether oxygens (including phenoxy) is 1. The number of hydrogen-bond acceptors (Lipinski definition) is 4. The van der Waals surface area contributed by atoms with Crippen molar-refractivity contribution < 1.29 is 23.0 Å². The first-order valence-corrected chi connectivity index (χ1v) is 9.56. The number of nitrogens with two attached hydrogens (primary N) is 1. The van der Waals surface area contributed by atoms with Crippen LogP contribution < -0.4 is 10.5 Å². The second kappa shape index (κ2) is 9.62. The van der Waals surface area contributed by atoms with Gasteiger partial charge in [0, 0.05) is 11.0 Å². The molecule has 0 spiro atoms. The van der Waals surface area contributed by atoms with E-state index in [1.807, 2.05) is 36.2 Å². The molecule has 0 heterocycles. The SMILES string of the molecule is COc1ccc(CCCN(C)CC(O)c2cc(Br)c(N)c(C(F)(F)F)c2)cc1. The summed E-state index contributed by atoms with van der Waals surface area (Å²) < 4.78 is 44.6. The van der Waals surface area contributed by atoms with Crippen molar-refractivity contribution in [2.45, 2.75) is 25.1 Å². The second-order valence-electron chi connectivity index (χ2n) is 6.69. The first-order chi connectivity index (χ1) is 13.1. The standard InChI is InChI=1S/C20H24BrF3N2O2/c1-26(9-3-4-13-5-7-15(28-2)8-6-13)12-18(27)14-10-16(20(22,23)24)19(25)17(21)11-14/h5-8,10-11,18,27H,3-4,9,12,25H2,1-2H3. The molecule has 0 saturated carbocycles. The Balaban J connectivity index is 1.92. The Labute approximate surface area is 171 Å². The molecule has 154 valence electrons.